The van der Waals surface area contributed by atoms with Gasteiger partial charge in [0.25, 0.3) is 0 Å². The molecule has 4 N–H and O–H groups in total. The van der Waals surface area contributed by atoms with Crippen LogP contribution in [0.3, 0.4) is 0 Å². The summed E-state index contributed by atoms with van der Waals surface area (Å²) in [6.07, 6.45) is 0. The van der Waals surface area contributed by atoms with Gasteiger partial charge in [-0.25, -0.2) is 4.79 Å². The van der Waals surface area contributed by atoms with Crippen LogP contribution in [0, 0.1) is 13.8 Å². The number of hydrogen-bond acceptors (Lipinski definition) is 2. The molecule has 2 rings (SSSR count). The highest BCUT2D eigenvalue weighted by Gasteiger charge is 2.09. The van der Waals surface area contributed by atoms with Crippen molar-refractivity contribution in [2.24, 2.45) is 0 Å². The fraction of sp³-hybridized carbons (Fsp3) is 0.188. The summed E-state index contributed by atoms with van der Waals surface area (Å²) in [5.41, 5.74) is 10.3. The number of carbonyl (C=O) groups excluding carboxylic acids is 1. The summed E-state index contributed by atoms with van der Waals surface area (Å²) in [5.74, 6) is 0. The summed E-state index contributed by atoms with van der Waals surface area (Å²) in [6, 6.07) is 13.2. The van der Waals surface area contributed by atoms with Gasteiger partial charge in [0.1, 0.15) is 0 Å². The lowest BCUT2D eigenvalue weighted by Crippen LogP contribution is -2.28. The van der Waals surface area contributed by atoms with Crippen molar-refractivity contribution in [2.75, 3.05) is 11.1 Å². The van der Waals surface area contributed by atoms with E-state index in [-0.39, 0.29) is 6.03 Å². The van der Waals surface area contributed by atoms with Crippen LogP contribution in [0.5, 0.6) is 0 Å². The molecule has 0 fully saturated rings. The average molecular weight is 269 g/mol. The molecule has 4 nitrogen and oxygen atoms in total. The SMILES string of the molecule is Cc1ccc(N)c(NC(=O)NCc2ccccc2)c1C. The third-order valence-corrected chi connectivity index (χ3v) is 3.30. The first-order valence-corrected chi connectivity index (χ1v) is 6.52. The van der Waals surface area contributed by atoms with E-state index in [1.54, 1.807) is 6.07 Å². The number of urea groups is 1. The lowest BCUT2D eigenvalue weighted by molar-refractivity contribution is 0.251. The second kappa shape index (κ2) is 6.10. The molecular formula is C16H19N3O. The van der Waals surface area contributed by atoms with Crippen LogP contribution >= 0.6 is 0 Å². The summed E-state index contributed by atoms with van der Waals surface area (Å²) in [7, 11) is 0. The van der Waals surface area contributed by atoms with Gasteiger partial charge in [-0.2, -0.15) is 0 Å². The molecule has 2 aromatic rings. The molecule has 0 saturated carbocycles. The van der Waals surface area contributed by atoms with Gasteiger partial charge in [0.15, 0.2) is 0 Å². The van der Waals surface area contributed by atoms with E-state index in [1.165, 1.54) is 0 Å². The molecular weight excluding hydrogens is 250 g/mol. The first-order valence-electron chi connectivity index (χ1n) is 6.52. The Hall–Kier alpha value is -2.49. The van der Waals surface area contributed by atoms with Gasteiger partial charge in [-0.05, 0) is 36.6 Å². The molecule has 0 spiro atoms. The van der Waals surface area contributed by atoms with E-state index >= 15 is 0 Å². The molecule has 20 heavy (non-hydrogen) atoms. The van der Waals surface area contributed by atoms with Crippen LogP contribution in [0.1, 0.15) is 16.7 Å². The number of rotatable bonds is 3. The van der Waals surface area contributed by atoms with Crippen molar-refractivity contribution in [3.8, 4) is 0 Å². The number of hydrogen-bond donors (Lipinski definition) is 3. The largest absolute Gasteiger partial charge is 0.397 e. The standard InChI is InChI=1S/C16H19N3O/c1-11-8-9-14(17)15(12(11)2)19-16(20)18-10-13-6-4-3-5-7-13/h3-9H,10,17H2,1-2H3,(H2,18,19,20). The Morgan fingerprint density at radius 2 is 1.80 bits per heavy atom. The van der Waals surface area contributed by atoms with Crippen molar-refractivity contribution in [3.63, 3.8) is 0 Å². The molecule has 104 valence electrons. The monoisotopic (exact) mass is 269 g/mol. The van der Waals surface area contributed by atoms with E-state index in [0.29, 0.717) is 17.9 Å². The Morgan fingerprint density at radius 1 is 1.10 bits per heavy atom. The van der Waals surface area contributed by atoms with E-state index in [1.807, 2.05) is 50.2 Å². The van der Waals surface area contributed by atoms with Crippen LogP contribution < -0.4 is 16.4 Å². The normalized spacial score (nSPS) is 10.1. The first-order chi connectivity index (χ1) is 9.58. The summed E-state index contributed by atoms with van der Waals surface area (Å²) in [6.45, 7) is 4.41. The van der Waals surface area contributed by atoms with Crippen molar-refractivity contribution in [1.29, 1.82) is 0 Å². The number of carbonyl (C=O) groups is 1. The minimum Gasteiger partial charge on any atom is -0.397 e. The van der Waals surface area contributed by atoms with Gasteiger partial charge in [0.2, 0.25) is 0 Å². The molecule has 0 heterocycles. The van der Waals surface area contributed by atoms with Crippen molar-refractivity contribution in [3.05, 3.63) is 59.2 Å². The Balaban J connectivity index is 2.00. The lowest BCUT2D eigenvalue weighted by atomic mass is 10.1. The Morgan fingerprint density at radius 3 is 2.50 bits per heavy atom. The number of nitrogens with one attached hydrogen (secondary N) is 2. The maximum Gasteiger partial charge on any atom is 0.319 e. The fourth-order valence-corrected chi connectivity index (χ4v) is 1.94. The van der Waals surface area contributed by atoms with Gasteiger partial charge in [-0.1, -0.05) is 36.4 Å². The van der Waals surface area contributed by atoms with Gasteiger partial charge in [0.05, 0.1) is 11.4 Å². The second-order valence-corrected chi connectivity index (χ2v) is 4.76. The molecule has 0 aliphatic rings. The number of nitrogens with two attached hydrogens (primary N) is 1. The van der Waals surface area contributed by atoms with Crippen LogP contribution in [0.15, 0.2) is 42.5 Å². The highest BCUT2D eigenvalue weighted by atomic mass is 16.2. The van der Waals surface area contributed by atoms with E-state index in [9.17, 15) is 4.79 Å². The van der Waals surface area contributed by atoms with E-state index in [4.69, 9.17) is 5.73 Å². The molecule has 0 unspecified atom stereocenters. The zero-order valence-corrected chi connectivity index (χ0v) is 11.7. The van der Waals surface area contributed by atoms with E-state index < -0.39 is 0 Å². The number of anilines is 2. The molecule has 0 saturated heterocycles. The van der Waals surface area contributed by atoms with Crippen LogP contribution in [0.2, 0.25) is 0 Å². The molecule has 2 aromatic carbocycles. The quantitative estimate of drug-likeness (QED) is 0.749. The zero-order chi connectivity index (χ0) is 14.5. The molecule has 0 aromatic heterocycles. The predicted molar refractivity (Wildman–Crippen MR) is 82.6 cm³/mol. The summed E-state index contributed by atoms with van der Waals surface area (Å²) >= 11 is 0. The van der Waals surface area contributed by atoms with Gasteiger partial charge in [-0.15, -0.1) is 0 Å². The smallest absolute Gasteiger partial charge is 0.319 e. The third-order valence-electron chi connectivity index (χ3n) is 3.30. The molecule has 0 aliphatic carbocycles. The zero-order valence-electron chi connectivity index (χ0n) is 11.7. The van der Waals surface area contributed by atoms with E-state index in [2.05, 4.69) is 10.6 Å². The fourth-order valence-electron chi connectivity index (χ4n) is 1.94. The highest BCUT2D eigenvalue weighted by molar-refractivity contribution is 5.94. The number of aryl methyl sites for hydroxylation is 1. The average Bonchev–Trinajstić information content (AvgIpc) is 2.46. The number of amides is 2. The molecule has 0 bridgehead atoms. The predicted octanol–water partition coefficient (Wildman–Crippen LogP) is 3.21. The number of benzene rings is 2. The molecule has 0 radical (unpaired) electrons. The Bertz CT molecular complexity index is 609. The van der Waals surface area contributed by atoms with Gasteiger partial charge >= 0.3 is 6.03 Å². The van der Waals surface area contributed by atoms with Crippen LogP contribution in [-0.4, -0.2) is 6.03 Å². The van der Waals surface area contributed by atoms with Gasteiger partial charge in [-0.3, -0.25) is 0 Å². The third kappa shape index (κ3) is 3.29. The maximum absolute atomic E-state index is 11.9. The van der Waals surface area contributed by atoms with Crippen LogP contribution in [0.25, 0.3) is 0 Å². The molecule has 2 amide bonds. The van der Waals surface area contributed by atoms with Gasteiger partial charge in [0, 0.05) is 6.54 Å². The summed E-state index contributed by atoms with van der Waals surface area (Å²) in [5, 5.41) is 5.63. The number of nitrogen functional groups attached to an aromatic ring is 1. The second-order valence-electron chi connectivity index (χ2n) is 4.76. The maximum atomic E-state index is 11.9. The van der Waals surface area contributed by atoms with E-state index in [0.717, 1.165) is 16.7 Å². The van der Waals surface area contributed by atoms with Crippen molar-refractivity contribution in [2.45, 2.75) is 20.4 Å². The van der Waals surface area contributed by atoms with Gasteiger partial charge < -0.3 is 16.4 Å². The van der Waals surface area contributed by atoms with Crippen molar-refractivity contribution >= 4 is 17.4 Å². The van der Waals surface area contributed by atoms with Crippen LogP contribution in [-0.2, 0) is 6.54 Å². The van der Waals surface area contributed by atoms with Crippen molar-refractivity contribution < 1.29 is 4.79 Å². The Kier molecular flexibility index (Phi) is 4.25. The van der Waals surface area contributed by atoms with Crippen LogP contribution in [0.4, 0.5) is 16.2 Å². The summed E-state index contributed by atoms with van der Waals surface area (Å²) < 4.78 is 0. The minimum atomic E-state index is -0.255. The molecule has 0 aliphatic heterocycles. The summed E-state index contributed by atoms with van der Waals surface area (Å²) in [4.78, 5) is 11.9. The van der Waals surface area contributed by atoms with Crippen molar-refractivity contribution in [1.82, 2.24) is 5.32 Å². The Labute approximate surface area is 119 Å². The molecule has 4 heteroatoms. The first kappa shape index (κ1) is 13.9. The highest BCUT2D eigenvalue weighted by Crippen LogP contribution is 2.25. The minimum absolute atomic E-state index is 0.255. The topological polar surface area (TPSA) is 67.1 Å². The molecule has 0 atom stereocenters. The lowest BCUT2D eigenvalue weighted by Gasteiger charge is -2.14.